The molecule has 0 bridgehead atoms. The second kappa shape index (κ2) is 4.42. The Bertz CT molecular complexity index is 210. The van der Waals surface area contributed by atoms with Crippen molar-refractivity contribution in [3.05, 3.63) is 12.2 Å². The fourth-order valence-corrected chi connectivity index (χ4v) is 1.33. The lowest BCUT2D eigenvalue weighted by atomic mass is 9.95. The number of carbonyl (C=O) groups excluding carboxylic acids is 1. The summed E-state index contributed by atoms with van der Waals surface area (Å²) in [5.41, 5.74) is -0.277. The molecule has 13 heavy (non-hydrogen) atoms. The van der Waals surface area contributed by atoms with Gasteiger partial charge in [-0.05, 0) is 12.8 Å². The summed E-state index contributed by atoms with van der Waals surface area (Å²) < 4.78 is 10.6. The van der Waals surface area contributed by atoms with E-state index in [1.54, 1.807) is 0 Å². The molecule has 1 heterocycles. The Labute approximate surface area is 78.7 Å². The van der Waals surface area contributed by atoms with Gasteiger partial charge in [0.1, 0.15) is 12.2 Å². The quantitative estimate of drug-likeness (QED) is 0.494. The maximum Gasteiger partial charge on any atom is 0.302 e. The van der Waals surface area contributed by atoms with E-state index in [1.807, 2.05) is 13.0 Å². The van der Waals surface area contributed by atoms with Gasteiger partial charge in [0.2, 0.25) is 0 Å². The van der Waals surface area contributed by atoms with E-state index in [-0.39, 0.29) is 11.6 Å². The van der Waals surface area contributed by atoms with E-state index < -0.39 is 0 Å². The van der Waals surface area contributed by atoms with Crippen molar-refractivity contribution in [2.75, 3.05) is 13.2 Å². The molecular formula is C10H16O3. The molecule has 0 amide bonds. The van der Waals surface area contributed by atoms with Gasteiger partial charge in [-0.2, -0.15) is 0 Å². The Kier molecular flexibility index (Phi) is 3.48. The van der Waals surface area contributed by atoms with E-state index in [0.717, 1.165) is 12.8 Å². The molecule has 0 aliphatic carbocycles. The van der Waals surface area contributed by atoms with E-state index in [2.05, 4.69) is 6.08 Å². The summed E-state index contributed by atoms with van der Waals surface area (Å²) in [7, 11) is 0. The van der Waals surface area contributed by atoms with Crippen LogP contribution in [0.15, 0.2) is 12.2 Å². The van der Waals surface area contributed by atoms with Gasteiger partial charge < -0.3 is 9.47 Å². The minimum atomic E-state index is -0.277. The van der Waals surface area contributed by atoms with Gasteiger partial charge in [-0.3, -0.25) is 4.79 Å². The summed E-state index contributed by atoms with van der Waals surface area (Å²) in [6, 6.07) is 0. The zero-order valence-electron chi connectivity index (χ0n) is 8.21. The topological polar surface area (TPSA) is 35.5 Å². The predicted octanol–water partition coefficient (Wildman–Crippen LogP) is 1.67. The van der Waals surface area contributed by atoms with E-state index in [0.29, 0.717) is 13.2 Å². The van der Waals surface area contributed by atoms with Gasteiger partial charge in [0.25, 0.3) is 0 Å². The Morgan fingerprint density at radius 3 is 2.85 bits per heavy atom. The molecule has 1 aliphatic rings. The highest BCUT2D eigenvalue weighted by molar-refractivity contribution is 5.65. The molecule has 0 saturated carbocycles. The van der Waals surface area contributed by atoms with Gasteiger partial charge in [0.15, 0.2) is 0 Å². The van der Waals surface area contributed by atoms with Gasteiger partial charge in [-0.25, -0.2) is 0 Å². The third-order valence-corrected chi connectivity index (χ3v) is 2.33. The molecule has 0 aromatic rings. The minimum absolute atomic E-state index is 0.244. The van der Waals surface area contributed by atoms with Crippen molar-refractivity contribution in [2.24, 2.45) is 0 Å². The third kappa shape index (κ3) is 2.84. The summed E-state index contributed by atoms with van der Waals surface area (Å²) in [6.45, 7) is 4.45. The van der Waals surface area contributed by atoms with Crippen LogP contribution in [0.3, 0.4) is 0 Å². The Balaban J connectivity index is 2.48. The Morgan fingerprint density at radius 1 is 1.62 bits per heavy atom. The van der Waals surface area contributed by atoms with Crippen LogP contribution >= 0.6 is 0 Å². The van der Waals surface area contributed by atoms with Crippen LogP contribution in [0.1, 0.15) is 26.7 Å². The van der Waals surface area contributed by atoms with Crippen molar-refractivity contribution in [1.82, 2.24) is 0 Å². The molecule has 3 heteroatoms. The van der Waals surface area contributed by atoms with E-state index in [1.165, 1.54) is 6.92 Å². The number of carbonyl (C=O) groups is 1. The van der Waals surface area contributed by atoms with Crippen molar-refractivity contribution in [3.63, 3.8) is 0 Å². The molecule has 3 nitrogen and oxygen atoms in total. The second-order valence-corrected chi connectivity index (χ2v) is 3.30. The monoisotopic (exact) mass is 184 g/mol. The highest BCUT2D eigenvalue weighted by Gasteiger charge is 2.30. The first-order valence-corrected chi connectivity index (χ1v) is 4.61. The summed E-state index contributed by atoms with van der Waals surface area (Å²) >= 11 is 0. The van der Waals surface area contributed by atoms with Crippen LogP contribution in [0.2, 0.25) is 0 Å². The molecule has 1 rings (SSSR count). The number of hydrogen-bond donors (Lipinski definition) is 0. The van der Waals surface area contributed by atoms with Crippen molar-refractivity contribution < 1.29 is 14.3 Å². The van der Waals surface area contributed by atoms with Crippen LogP contribution in [-0.2, 0) is 14.3 Å². The number of rotatable bonds is 3. The molecule has 0 N–H and O–H groups in total. The van der Waals surface area contributed by atoms with Gasteiger partial charge in [0.05, 0.1) is 6.61 Å². The van der Waals surface area contributed by atoms with Crippen molar-refractivity contribution >= 4 is 5.97 Å². The van der Waals surface area contributed by atoms with Crippen LogP contribution in [-0.4, -0.2) is 24.8 Å². The average molecular weight is 184 g/mol. The second-order valence-electron chi connectivity index (χ2n) is 3.30. The molecule has 1 unspecified atom stereocenters. The number of hydrogen-bond acceptors (Lipinski definition) is 3. The fraction of sp³-hybridized carbons (Fsp3) is 0.700. The van der Waals surface area contributed by atoms with E-state index in [9.17, 15) is 4.79 Å². The smallest absolute Gasteiger partial charge is 0.302 e. The fourth-order valence-electron chi connectivity index (χ4n) is 1.33. The van der Waals surface area contributed by atoms with Crippen LogP contribution < -0.4 is 0 Å². The lowest BCUT2D eigenvalue weighted by Gasteiger charge is -2.33. The standard InChI is InChI=1S/C10H16O3/c1-3-10(8-12-9(2)11)6-4-5-7-13-10/h4-5H,3,6-8H2,1-2H3. The lowest BCUT2D eigenvalue weighted by Crippen LogP contribution is -2.39. The van der Waals surface area contributed by atoms with Gasteiger partial charge in [-0.1, -0.05) is 19.1 Å². The Morgan fingerprint density at radius 2 is 2.38 bits per heavy atom. The van der Waals surface area contributed by atoms with E-state index >= 15 is 0 Å². The molecule has 0 aromatic heterocycles. The van der Waals surface area contributed by atoms with Crippen molar-refractivity contribution in [2.45, 2.75) is 32.3 Å². The van der Waals surface area contributed by atoms with Crippen LogP contribution in [0, 0.1) is 0 Å². The number of esters is 1. The van der Waals surface area contributed by atoms with Crippen LogP contribution in [0.25, 0.3) is 0 Å². The molecule has 1 aliphatic heterocycles. The molecule has 0 saturated heterocycles. The third-order valence-electron chi connectivity index (χ3n) is 2.33. The van der Waals surface area contributed by atoms with Crippen molar-refractivity contribution in [3.8, 4) is 0 Å². The maximum absolute atomic E-state index is 10.6. The zero-order valence-corrected chi connectivity index (χ0v) is 8.21. The van der Waals surface area contributed by atoms with Crippen molar-refractivity contribution in [1.29, 1.82) is 0 Å². The van der Waals surface area contributed by atoms with Crippen LogP contribution in [0.5, 0.6) is 0 Å². The zero-order chi connectivity index (χ0) is 9.73. The van der Waals surface area contributed by atoms with Gasteiger partial charge in [-0.15, -0.1) is 0 Å². The first-order chi connectivity index (χ1) is 6.18. The summed E-state index contributed by atoms with van der Waals surface area (Å²) in [5.74, 6) is -0.244. The first kappa shape index (κ1) is 10.3. The molecule has 0 spiro atoms. The summed E-state index contributed by atoms with van der Waals surface area (Å²) in [6.07, 6.45) is 5.76. The van der Waals surface area contributed by atoms with Crippen LogP contribution in [0.4, 0.5) is 0 Å². The molecule has 0 radical (unpaired) electrons. The molecule has 1 atom stereocenters. The SMILES string of the molecule is CCC1(COC(C)=O)CC=CCO1. The highest BCUT2D eigenvalue weighted by atomic mass is 16.6. The Hall–Kier alpha value is -0.830. The molecule has 74 valence electrons. The largest absolute Gasteiger partial charge is 0.463 e. The predicted molar refractivity (Wildman–Crippen MR) is 49.4 cm³/mol. The highest BCUT2D eigenvalue weighted by Crippen LogP contribution is 2.24. The minimum Gasteiger partial charge on any atom is -0.463 e. The summed E-state index contributed by atoms with van der Waals surface area (Å²) in [4.78, 5) is 10.6. The van der Waals surface area contributed by atoms with Gasteiger partial charge in [0, 0.05) is 6.92 Å². The molecule has 0 fully saturated rings. The average Bonchev–Trinajstić information content (AvgIpc) is 2.16. The maximum atomic E-state index is 10.6. The van der Waals surface area contributed by atoms with E-state index in [4.69, 9.17) is 9.47 Å². The lowest BCUT2D eigenvalue weighted by molar-refractivity contribution is -0.153. The summed E-state index contributed by atoms with van der Waals surface area (Å²) in [5, 5.41) is 0. The first-order valence-electron chi connectivity index (χ1n) is 4.61. The number of ether oxygens (including phenoxy) is 2. The molecule has 0 aromatic carbocycles. The normalized spacial score (nSPS) is 27.2. The van der Waals surface area contributed by atoms with Gasteiger partial charge >= 0.3 is 5.97 Å². The molecular weight excluding hydrogens is 168 g/mol.